The molecule has 0 amide bonds. The summed E-state index contributed by atoms with van der Waals surface area (Å²) >= 11 is 11.6. The second-order valence-electron chi connectivity index (χ2n) is 3.14. The van der Waals surface area contributed by atoms with Gasteiger partial charge in [0.25, 0.3) is 0 Å². The SMILES string of the molecule is COc1cc(Cl)c(C)c2c1N=C(Cl)C2=O. The molecule has 0 aliphatic carbocycles. The van der Waals surface area contributed by atoms with Crippen LogP contribution in [0.15, 0.2) is 11.1 Å². The van der Waals surface area contributed by atoms with Crippen LogP contribution in [0.3, 0.4) is 0 Å². The number of carbonyl (C=O) groups is 1. The average molecular weight is 244 g/mol. The number of fused-ring (bicyclic) bond motifs is 1. The van der Waals surface area contributed by atoms with Crippen LogP contribution in [0.25, 0.3) is 0 Å². The molecule has 0 saturated heterocycles. The summed E-state index contributed by atoms with van der Waals surface area (Å²) in [6.45, 7) is 1.75. The van der Waals surface area contributed by atoms with Gasteiger partial charge < -0.3 is 4.74 Å². The number of halogens is 2. The van der Waals surface area contributed by atoms with E-state index >= 15 is 0 Å². The van der Waals surface area contributed by atoms with Gasteiger partial charge in [0.15, 0.2) is 5.17 Å². The molecule has 0 atom stereocenters. The van der Waals surface area contributed by atoms with Gasteiger partial charge in [-0.05, 0) is 12.5 Å². The van der Waals surface area contributed by atoms with Gasteiger partial charge in [-0.15, -0.1) is 0 Å². The van der Waals surface area contributed by atoms with Crippen LogP contribution in [-0.2, 0) is 0 Å². The third-order valence-corrected chi connectivity index (χ3v) is 2.95. The Kier molecular flexibility index (Phi) is 2.44. The summed E-state index contributed by atoms with van der Waals surface area (Å²) in [5.41, 5.74) is 1.58. The lowest BCUT2D eigenvalue weighted by atomic mass is 10.0. The molecule has 1 aliphatic rings. The normalized spacial score (nSPS) is 13.9. The molecule has 0 N–H and O–H groups in total. The number of aliphatic imine (C=N–C) groups is 1. The number of methoxy groups -OCH3 is 1. The molecule has 3 nitrogen and oxygen atoms in total. The summed E-state index contributed by atoms with van der Waals surface area (Å²) in [5.74, 6) is 0.162. The predicted octanol–water partition coefficient (Wildman–Crippen LogP) is 3.12. The van der Waals surface area contributed by atoms with Crippen molar-refractivity contribution in [2.75, 3.05) is 7.11 Å². The molecule has 1 aromatic carbocycles. The highest BCUT2D eigenvalue weighted by Crippen LogP contribution is 2.42. The molecular formula is C10H7Cl2NO2. The molecule has 1 heterocycles. The Bertz CT molecular complexity index is 495. The van der Waals surface area contributed by atoms with E-state index in [1.165, 1.54) is 7.11 Å². The maximum absolute atomic E-state index is 11.7. The van der Waals surface area contributed by atoms with E-state index in [-0.39, 0.29) is 11.0 Å². The van der Waals surface area contributed by atoms with Gasteiger partial charge in [-0.2, -0.15) is 0 Å². The topological polar surface area (TPSA) is 38.7 Å². The molecule has 2 rings (SSSR count). The van der Waals surface area contributed by atoms with Crippen molar-refractivity contribution in [3.05, 3.63) is 22.2 Å². The minimum absolute atomic E-state index is 0.0475. The Morgan fingerprint density at radius 1 is 1.40 bits per heavy atom. The second kappa shape index (κ2) is 3.51. The van der Waals surface area contributed by atoms with E-state index in [0.717, 1.165) is 0 Å². The molecule has 1 aliphatic heterocycles. The van der Waals surface area contributed by atoms with Gasteiger partial charge in [-0.25, -0.2) is 4.99 Å². The summed E-state index contributed by atoms with van der Waals surface area (Å²) in [6, 6.07) is 1.63. The Hall–Kier alpha value is -1.06. The largest absolute Gasteiger partial charge is 0.494 e. The first-order valence-electron chi connectivity index (χ1n) is 4.22. The number of rotatable bonds is 1. The van der Waals surface area contributed by atoms with Crippen molar-refractivity contribution in [2.45, 2.75) is 6.92 Å². The van der Waals surface area contributed by atoms with Crippen LogP contribution in [0.2, 0.25) is 5.02 Å². The molecule has 1 aromatic rings. The highest BCUT2D eigenvalue weighted by molar-refractivity contribution is 6.86. The van der Waals surface area contributed by atoms with Gasteiger partial charge in [-0.3, -0.25) is 4.79 Å². The summed E-state index contributed by atoms with van der Waals surface area (Å²) in [4.78, 5) is 15.6. The summed E-state index contributed by atoms with van der Waals surface area (Å²) in [7, 11) is 1.49. The molecule has 0 aromatic heterocycles. The summed E-state index contributed by atoms with van der Waals surface area (Å²) in [6.07, 6.45) is 0. The standard InChI is InChI=1S/C10H7Cl2NO2/c1-4-5(11)3-6(15-2)8-7(4)9(14)10(12)13-8/h3H,1-2H3. The van der Waals surface area contributed by atoms with Crippen molar-refractivity contribution in [2.24, 2.45) is 4.99 Å². The molecule has 15 heavy (non-hydrogen) atoms. The fraction of sp³-hybridized carbons (Fsp3) is 0.200. The van der Waals surface area contributed by atoms with Crippen LogP contribution in [-0.4, -0.2) is 18.1 Å². The van der Waals surface area contributed by atoms with E-state index in [2.05, 4.69) is 4.99 Å². The average Bonchev–Trinajstić information content (AvgIpc) is 2.50. The number of ketones is 1. The second-order valence-corrected chi connectivity index (χ2v) is 3.91. The Balaban J connectivity index is 2.78. The van der Waals surface area contributed by atoms with E-state index in [1.807, 2.05) is 0 Å². The number of nitrogens with zero attached hydrogens (tertiary/aromatic N) is 1. The number of Topliss-reactive ketones (excluding diaryl/α,β-unsaturated/α-hetero) is 1. The van der Waals surface area contributed by atoms with Crippen LogP contribution >= 0.6 is 23.2 Å². The smallest absolute Gasteiger partial charge is 0.225 e. The molecule has 0 unspecified atom stereocenters. The van der Waals surface area contributed by atoms with Crippen molar-refractivity contribution >= 4 is 39.8 Å². The predicted molar refractivity (Wildman–Crippen MR) is 60.0 cm³/mol. The van der Waals surface area contributed by atoms with Gasteiger partial charge in [0.1, 0.15) is 11.4 Å². The maximum atomic E-state index is 11.7. The lowest BCUT2D eigenvalue weighted by molar-refractivity contribution is 0.107. The molecule has 0 fully saturated rings. The van der Waals surface area contributed by atoms with E-state index in [9.17, 15) is 4.79 Å². The monoisotopic (exact) mass is 243 g/mol. The fourth-order valence-electron chi connectivity index (χ4n) is 1.51. The van der Waals surface area contributed by atoms with Crippen molar-refractivity contribution < 1.29 is 9.53 Å². The quantitative estimate of drug-likeness (QED) is 0.761. The highest BCUT2D eigenvalue weighted by Gasteiger charge is 2.29. The van der Waals surface area contributed by atoms with E-state index in [0.29, 0.717) is 27.6 Å². The lowest BCUT2D eigenvalue weighted by Gasteiger charge is -2.08. The summed E-state index contributed by atoms with van der Waals surface area (Å²) < 4.78 is 5.09. The minimum Gasteiger partial charge on any atom is -0.494 e. The van der Waals surface area contributed by atoms with Gasteiger partial charge in [0.05, 0.1) is 12.7 Å². The van der Waals surface area contributed by atoms with E-state index in [1.54, 1.807) is 13.0 Å². The molecule has 0 radical (unpaired) electrons. The van der Waals surface area contributed by atoms with Gasteiger partial charge in [0, 0.05) is 11.1 Å². The molecule has 0 spiro atoms. The van der Waals surface area contributed by atoms with Crippen molar-refractivity contribution in [3.63, 3.8) is 0 Å². The Morgan fingerprint density at radius 2 is 2.07 bits per heavy atom. The zero-order valence-corrected chi connectivity index (χ0v) is 9.61. The van der Waals surface area contributed by atoms with Gasteiger partial charge >= 0.3 is 0 Å². The zero-order chi connectivity index (χ0) is 11.2. The number of carbonyl (C=O) groups excluding carboxylic acids is 1. The van der Waals surface area contributed by atoms with Gasteiger partial charge in [0.2, 0.25) is 5.78 Å². The van der Waals surface area contributed by atoms with Gasteiger partial charge in [-0.1, -0.05) is 23.2 Å². The highest BCUT2D eigenvalue weighted by atomic mass is 35.5. The van der Waals surface area contributed by atoms with Crippen LogP contribution in [0.1, 0.15) is 15.9 Å². The Labute approximate surface area is 96.7 Å². The van der Waals surface area contributed by atoms with Crippen molar-refractivity contribution in [1.29, 1.82) is 0 Å². The van der Waals surface area contributed by atoms with Crippen LogP contribution in [0, 0.1) is 6.92 Å². The molecule has 0 saturated carbocycles. The number of ether oxygens (including phenoxy) is 1. The molecular weight excluding hydrogens is 237 g/mol. The fourth-order valence-corrected chi connectivity index (χ4v) is 1.88. The third kappa shape index (κ3) is 1.43. The van der Waals surface area contributed by atoms with Crippen molar-refractivity contribution in [1.82, 2.24) is 0 Å². The number of hydrogen-bond acceptors (Lipinski definition) is 3. The third-order valence-electron chi connectivity index (χ3n) is 2.31. The molecule has 5 heteroatoms. The summed E-state index contributed by atoms with van der Waals surface area (Å²) in [5, 5.41) is 0.425. The number of hydrogen-bond donors (Lipinski definition) is 0. The lowest BCUT2D eigenvalue weighted by Crippen LogP contribution is -2.04. The van der Waals surface area contributed by atoms with Crippen LogP contribution < -0.4 is 4.74 Å². The van der Waals surface area contributed by atoms with Crippen molar-refractivity contribution in [3.8, 4) is 5.75 Å². The van der Waals surface area contributed by atoms with Crippen LogP contribution in [0.4, 0.5) is 5.69 Å². The number of benzene rings is 1. The Morgan fingerprint density at radius 3 is 2.67 bits per heavy atom. The first-order valence-corrected chi connectivity index (χ1v) is 4.97. The maximum Gasteiger partial charge on any atom is 0.225 e. The van der Waals surface area contributed by atoms with E-state index in [4.69, 9.17) is 27.9 Å². The van der Waals surface area contributed by atoms with E-state index < -0.39 is 0 Å². The first-order chi connectivity index (χ1) is 7.06. The molecule has 0 bridgehead atoms. The zero-order valence-electron chi connectivity index (χ0n) is 8.10. The molecule has 78 valence electrons. The first kappa shape index (κ1) is 10.5. The van der Waals surface area contributed by atoms with Crippen LogP contribution in [0.5, 0.6) is 5.75 Å². The minimum atomic E-state index is -0.301.